The van der Waals surface area contributed by atoms with Crippen molar-refractivity contribution in [3.63, 3.8) is 0 Å². The molecule has 1 unspecified atom stereocenters. The highest BCUT2D eigenvalue weighted by Crippen LogP contribution is 2.45. The number of carbonyl (C=O) groups excluding carboxylic acids is 1. The molecule has 1 saturated carbocycles. The van der Waals surface area contributed by atoms with Crippen molar-refractivity contribution < 1.29 is 19.0 Å². The number of carbonyl (C=O) groups is 1. The molecule has 8 nitrogen and oxygen atoms in total. The molecule has 3 atom stereocenters. The van der Waals surface area contributed by atoms with Crippen LogP contribution in [-0.4, -0.2) is 49.0 Å². The Morgan fingerprint density at radius 3 is 2.63 bits per heavy atom. The van der Waals surface area contributed by atoms with Gasteiger partial charge in [-0.3, -0.25) is 9.78 Å². The summed E-state index contributed by atoms with van der Waals surface area (Å²) < 4.78 is 19.3. The SMILES string of the molecule is CN1CCC(COc2cccc(-c3cccc4c3CC[C@@H]4Oc3cc(OCc4cncc(C#N)c4)c(CNC[C@H]4CCC(=O)C4)cc3Cl)c2Cl)C1. The average molecular weight is 726 g/mol. The number of ketones is 1. The van der Waals surface area contributed by atoms with Gasteiger partial charge in [-0.25, -0.2) is 0 Å². The van der Waals surface area contributed by atoms with Crippen LogP contribution < -0.4 is 19.5 Å². The summed E-state index contributed by atoms with van der Waals surface area (Å²) in [5.74, 6) is 3.07. The van der Waals surface area contributed by atoms with Crippen molar-refractivity contribution in [3.8, 4) is 34.4 Å². The van der Waals surface area contributed by atoms with Gasteiger partial charge in [0.25, 0.3) is 0 Å². The summed E-state index contributed by atoms with van der Waals surface area (Å²) in [6, 6.07) is 20.0. The third-order valence-electron chi connectivity index (χ3n) is 10.2. The number of benzene rings is 3. The standard InChI is InChI=1S/C41H42Cl2N4O4/c1-47-13-12-27(23-47)24-49-38-7-3-6-35(41(38)43)32-4-2-5-34-33(32)10-11-37(34)51-40-17-39(50-25-29-14-28(18-44)20-45-21-29)30(16-36(40)42)22-46-19-26-8-9-31(48)15-26/h2-7,14,16-17,20-21,26-27,37,46H,8-13,15,19,22-25H2,1H3/t26-,27?,37-/m0/s1. The van der Waals surface area contributed by atoms with Crippen molar-refractivity contribution in [2.24, 2.45) is 11.8 Å². The first-order chi connectivity index (χ1) is 24.8. The molecule has 2 fully saturated rings. The van der Waals surface area contributed by atoms with E-state index in [1.54, 1.807) is 12.3 Å². The molecule has 0 radical (unpaired) electrons. The van der Waals surface area contributed by atoms with E-state index in [4.69, 9.17) is 37.4 Å². The van der Waals surface area contributed by atoms with E-state index >= 15 is 0 Å². The van der Waals surface area contributed by atoms with Gasteiger partial charge in [0.15, 0.2) is 0 Å². The van der Waals surface area contributed by atoms with E-state index in [-0.39, 0.29) is 12.7 Å². The number of likely N-dealkylation sites (tertiary alicyclic amines) is 1. The van der Waals surface area contributed by atoms with Crippen LogP contribution >= 0.6 is 23.2 Å². The smallest absolute Gasteiger partial charge is 0.142 e. The normalized spacial score (nSPS) is 20.0. The van der Waals surface area contributed by atoms with E-state index in [9.17, 15) is 10.1 Å². The summed E-state index contributed by atoms with van der Waals surface area (Å²) in [6.45, 7) is 4.29. The summed E-state index contributed by atoms with van der Waals surface area (Å²) in [4.78, 5) is 18.3. The molecule has 1 saturated heterocycles. The number of nitrogens with zero attached hydrogens (tertiary/aromatic N) is 3. The first-order valence-electron chi connectivity index (χ1n) is 17.7. The van der Waals surface area contributed by atoms with Gasteiger partial charge in [0, 0.05) is 67.0 Å². The molecule has 7 rings (SSSR count). The zero-order chi connectivity index (χ0) is 35.3. The molecule has 1 N–H and O–H groups in total. The predicted octanol–water partition coefficient (Wildman–Crippen LogP) is 8.36. The fourth-order valence-electron chi connectivity index (χ4n) is 7.55. The Hall–Kier alpha value is -4.13. The van der Waals surface area contributed by atoms with Gasteiger partial charge >= 0.3 is 0 Å². The lowest BCUT2D eigenvalue weighted by atomic mass is 9.96. The largest absolute Gasteiger partial charge is 0.492 e. The number of rotatable bonds is 13. The Labute approximate surface area is 309 Å². The predicted molar refractivity (Wildman–Crippen MR) is 198 cm³/mol. The van der Waals surface area contributed by atoms with E-state index in [0.717, 1.165) is 73.1 Å². The van der Waals surface area contributed by atoms with E-state index in [1.165, 1.54) is 11.8 Å². The number of aromatic nitrogens is 1. The average Bonchev–Trinajstić information content (AvgIpc) is 3.88. The minimum atomic E-state index is -0.205. The first-order valence-corrected chi connectivity index (χ1v) is 18.5. The molecule has 2 heterocycles. The highest BCUT2D eigenvalue weighted by atomic mass is 35.5. The van der Waals surface area contributed by atoms with Gasteiger partial charge in [0.2, 0.25) is 0 Å². The zero-order valence-electron chi connectivity index (χ0n) is 28.8. The van der Waals surface area contributed by atoms with E-state index < -0.39 is 0 Å². The van der Waals surface area contributed by atoms with Crippen LogP contribution in [0.3, 0.4) is 0 Å². The topological polar surface area (TPSA) is 96.7 Å². The number of pyridine rings is 1. The van der Waals surface area contributed by atoms with Crippen molar-refractivity contribution in [2.75, 3.05) is 33.3 Å². The highest BCUT2D eigenvalue weighted by molar-refractivity contribution is 6.35. The van der Waals surface area contributed by atoms with Gasteiger partial charge in [0.05, 0.1) is 22.2 Å². The monoisotopic (exact) mass is 724 g/mol. The third kappa shape index (κ3) is 8.34. The van der Waals surface area contributed by atoms with Crippen molar-refractivity contribution in [3.05, 3.63) is 105 Å². The number of nitriles is 1. The molecule has 4 aromatic rings. The number of Topliss-reactive ketones (excluding diaryl/α,β-unsaturated/α-hetero) is 1. The van der Waals surface area contributed by atoms with Crippen LogP contribution in [0.15, 0.2) is 67.0 Å². The second kappa shape index (κ2) is 16.0. The minimum Gasteiger partial charge on any atom is -0.492 e. The number of fused-ring (bicyclic) bond motifs is 1. The van der Waals surface area contributed by atoms with Gasteiger partial charge < -0.3 is 24.4 Å². The molecule has 3 aromatic carbocycles. The summed E-state index contributed by atoms with van der Waals surface area (Å²) in [7, 11) is 2.15. The molecule has 0 spiro atoms. The van der Waals surface area contributed by atoms with Crippen LogP contribution in [0.25, 0.3) is 11.1 Å². The minimum absolute atomic E-state index is 0.205. The molecular formula is C41H42Cl2N4O4. The lowest BCUT2D eigenvalue weighted by Gasteiger charge is -2.20. The number of nitrogens with one attached hydrogen (secondary N) is 1. The highest BCUT2D eigenvalue weighted by Gasteiger charge is 2.29. The second-order valence-electron chi connectivity index (χ2n) is 14.0. The van der Waals surface area contributed by atoms with Gasteiger partial charge in [-0.1, -0.05) is 53.5 Å². The van der Waals surface area contributed by atoms with E-state index in [2.05, 4.69) is 52.6 Å². The fourth-order valence-corrected chi connectivity index (χ4v) is 8.06. The quantitative estimate of drug-likeness (QED) is 0.147. The van der Waals surface area contributed by atoms with Gasteiger partial charge in [-0.05, 0) is 86.6 Å². The fraction of sp³-hybridized carbons (Fsp3) is 0.390. The summed E-state index contributed by atoms with van der Waals surface area (Å²) >= 11 is 13.9. The van der Waals surface area contributed by atoms with Crippen LogP contribution in [0.5, 0.6) is 17.2 Å². The Morgan fingerprint density at radius 2 is 1.82 bits per heavy atom. The van der Waals surface area contributed by atoms with Gasteiger partial charge in [-0.2, -0.15) is 5.26 Å². The van der Waals surface area contributed by atoms with E-state index in [0.29, 0.717) is 76.5 Å². The van der Waals surface area contributed by atoms with Crippen molar-refractivity contribution in [1.82, 2.24) is 15.2 Å². The molecule has 10 heteroatoms. The maximum atomic E-state index is 11.8. The molecule has 0 amide bonds. The zero-order valence-corrected chi connectivity index (χ0v) is 30.3. The number of ether oxygens (including phenoxy) is 3. The lowest BCUT2D eigenvalue weighted by Crippen LogP contribution is -2.21. The van der Waals surface area contributed by atoms with Crippen LogP contribution in [-0.2, 0) is 24.4 Å². The van der Waals surface area contributed by atoms with Crippen LogP contribution in [0.1, 0.15) is 66.0 Å². The Kier molecular flexibility index (Phi) is 11.1. The molecule has 2 aliphatic carbocycles. The number of hydrogen-bond donors (Lipinski definition) is 1. The van der Waals surface area contributed by atoms with Crippen molar-refractivity contribution in [2.45, 2.75) is 57.8 Å². The van der Waals surface area contributed by atoms with Gasteiger partial charge in [0.1, 0.15) is 41.8 Å². The van der Waals surface area contributed by atoms with Crippen LogP contribution in [0.2, 0.25) is 10.0 Å². The molecule has 1 aromatic heterocycles. The molecule has 1 aliphatic heterocycles. The molecular weight excluding hydrogens is 683 g/mol. The second-order valence-corrected chi connectivity index (χ2v) is 14.8. The first kappa shape index (κ1) is 35.3. The van der Waals surface area contributed by atoms with Crippen LogP contribution in [0, 0.1) is 23.2 Å². The Bertz CT molecular complexity index is 1950. The maximum absolute atomic E-state index is 11.8. The Morgan fingerprint density at radius 1 is 0.961 bits per heavy atom. The Balaban J connectivity index is 1.10. The summed E-state index contributed by atoms with van der Waals surface area (Å²) in [5.41, 5.74) is 6.50. The van der Waals surface area contributed by atoms with E-state index in [1.807, 2.05) is 24.3 Å². The molecule has 0 bridgehead atoms. The molecule has 264 valence electrons. The lowest BCUT2D eigenvalue weighted by molar-refractivity contribution is -0.117. The van der Waals surface area contributed by atoms with Crippen molar-refractivity contribution >= 4 is 29.0 Å². The maximum Gasteiger partial charge on any atom is 0.142 e. The third-order valence-corrected chi connectivity index (χ3v) is 10.9. The van der Waals surface area contributed by atoms with Gasteiger partial charge in [-0.15, -0.1) is 0 Å². The number of halogens is 2. The molecule has 3 aliphatic rings. The summed E-state index contributed by atoms with van der Waals surface area (Å²) in [6.07, 6.45) is 7.98. The van der Waals surface area contributed by atoms with Crippen molar-refractivity contribution in [1.29, 1.82) is 5.26 Å². The van der Waals surface area contributed by atoms with Crippen LogP contribution in [0.4, 0.5) is 0 Å². The summed E-state index contributed by atoms with van der Waals surface area (Å²) in [5, 5.41) is 14.0. The molecule has 51 heavy (non-hydrogen) atoms. The number of hydrogen-bond acceptors (Lipinski definition) is 8.